The highest BCUT2D eigenvalue weighted by Crippen LogP contribution is 2.63. The number of carbonyl (C=O) groups excluding carboxylic acids is 3. The highest BCUT2D eigenvalue weighted by atomic mass is 35.5. The molecule has 2 N–H and O–H groups in total. The Labute approximate surface area is 192 Å². The summed E-state index contributed by atoms with van der Waals surface area (Å²) >= 11 is 5.95. The fourth-order valence-corrected chi connectivity index (χ4v) is 5.93. The van der Waals surface area contributed by atoms with Crippen LogP contribution >= 0.6 is 11.6 Å². The average Bonchev–Trinajstić information content (AvgIpc) is 3.32. The third-order valence-electron chi connectivity index (χ3n) is 7.19. The molecule has 32 heavy (non-hydrogen) atoms. The second-order valence-electron chi connectivity index (χ2n) is 8.97. The van der Waals surface area contributed by atoms with Gasteiger partial charge in [0, 0.05) is 10.7 Å². The first-order valence-electron chi connectivity index (χ1n) is 11.1. The molecule has 0 aliphatic carbocycles. The summed E-state index contributed by atoms with van der Waals surface area (Å²) in [4.78, 5) is 41.7. The van der Waals surface area contributed by atoms with Crippen LogP contribution in [0.1, 0.15) is 40.0 Å². The van der Waals surface area contributed by atoms with Crippen molar-refractivity contribution in [1.82, 2.24) is 4.90 Å². The van der Waals surface area contributed by atoms with Crippen molar-refractivity contribution in [3.63, 3.8) is 0 Å². The number of anilines is 1. The van der Waals surface area contributed by atoms with Crippen LogP contribution in [0.5, 0.6) is 0 Å². The van der Waals surface area contributed by atoms with Gasteiger partial charge in [0.1, 0.15) is 17.6 Å². The van der Waals surface area contributed by atoms with E-state index in [-0.39, 0.29) is 19.1 Å². The predicted octanol–water partition coefficient (Wildman–Crippen LogP) is 2.38. The van der Waals surface area contributed by atoms with E-state index in [1.807, 2.05) is 13.8 Å². The second kappa shape index (κ2) is 8.32. The van der Waals surface area contributed by atoms with Gasteiger partial charge in [0.05, 0.1) is 30.8 Å². The van der Waals surface area contributed by atoms with Gasteiger partial charge in [-0.2, -0.15) is 0 Å². The summed E-state index contributed by atoms with van der Waals surface area (Å²) in [6.45, 7) is 5.27. The molecule has 3 saturated heterocycles. The number of rotatable bonds is 7. The third kappa shape index (κ3) is 3.31. The van der Waals surface area contributed by atoms with Crippen LogP contribution in [0.4, 0.5) is 5.69 Å². The van der Waals surface area contributed by atoms with Crippen LogP contribution in [0.25, 0.3) is 0 Å². The van der Waals surface area contributed by atoms with Crippen molar-refractivity contribution < 1.29 is 29.0 Å². The van der Waals surface area contributed by atoms with E-state index in [1.165, 1.54) is 4.90 Å². The van der Waals surface area contributed by atoms with E-state index >= 15 is 0 Å². The molecule has 2 unspecified atom stereocenters. The summed E-state index contributed by atoms with van der Waals surface area (Å²) in [7, 11) is 0. The third-order valence-corrected chi connectivity index (χ3v) is 7.44. The van der Waals surface area contributed by atoms with E-state index in [4.69, 9.17) is 21.1 Å². The number of esters is 1. The Morgan fingerprint density at radius 2 is 2.00 bits per heavy atom. The molecule has 0 aromatic heterocycles. The molecule has 9 heteroatoms. The minimum Gasteiger partial charge on any atom is -0.466 e. The number of likely N-dealkylation sites (tertiary alicyclic amines) is 1. The maximum atomic E-state index is 13.7. The van der Waals surface area contributed by atoms with Crippen molar-refractivity contribution in [1.29, 1.82) is 0 Å². The van der Waals surface area contributed by atoms with Gasteiger partial charge >= 0.3 is 5.97 Å². The maximum absolute atomic E-state index is 13.7. The van der Waals surface area contributed by atoms with E-state index in [1.54, 1.807) is 31.2 Å². The largest absolute Gasteiger partial charge is 0.466 e. The molecule has 6 atom stereocenters. The number of ether oxygens (including phenoxy) is 2. The smallest absolute Gasteiger partial charge is 0.312 e. The van der Waals surface area contributed by atoms with Crippen LogP contribution in [-0.2, 0) is 23.9 Å². The lowest BCUT2D eigenvalue weighted by molar-refractivity contribution is -0.160. The van der Waals surface area contributed by atoms with Crippen molar-refractivity contribution in [2.24, 2.45) is 11.8 Å². The molecule has 3 heterocycles. The molecule has 4 rings (SSSR count). The fraction of sp³-hybridized carbons (Fsp3) is 0.609. The molecule has 2 bridgehead atoms. The highest BCUT2D eigenvalue weighted by molar-refractivity contribution is 6.30. The number of halogens is 1. The molecule has 0 radical (unpaired) electrons. The molecule has 174 valence electrons. The summed E-state index contributed by atoms with van der Waals surface area (Å²) in [6.07, 6.45) is 1.46. The Balaban J connectivity index is 1.76. The summed E-state index contributed by atoms with van der Waals surface area (Å²) in [5.41, 5.74) is -1.50. The number of benzene rings is 1. The molecule has 8 nitrogen and oxygen atoms in total. The van der Waals surface area contributed by atoms with Gasteiger partial charge in [0.2, 0.25) is 11.8 Å². The van der Waals surface area contributed by atoms with Crippen LogP contribution in [0, 0.1) is 11.8 Å². The SMILES string of the molecule is CCOC(=O)[C@@H]1[C@H]2C(=O)N([C@@H](CC)CO)C(C(=O)Nc3ccc(Cl)cc3)C23CC[C@@]1(C)O3. The van der Waals surface area contributed by atoms with E-state index in [0.29, 0.717) is 30.0 Å². The molecule has 3 aliphatic rings. The Kier molecular flexibility index (Phi) is 5.98. The highest BCUT2D eigenvalue weighted by Gasteiger charge is 2.78. The molecule has 0 saturated carbocycles. The van der Waals surface area contributed by atoms with Gasteiger partial charge in [-0.1, -0.05) is 18.5 Å². The quantitative estimate of drug-likeness (QED) is 0.600. The van der Waals surface area contributed by atoms with Crippen molar-refractivity contribution in [2.75, 3.05) is 18.5 Å². The molecule has 2 amide bonds. The molecule has 3 fully saturated rings. The normalized spacial score (nSPS) is 33.8. The monoisotopic (exact) mass is 464 g/mol. The lowest BCUT2D eigenvalue weighted by atomic mass is 9.66. The Morgan fingerprint density at radius 3 is 2.59 bits per heavy atom. The molecular formula is C23H29ClN2O6. The first kappa shape index (κ1) is 23.0. The minimum atomic E-state index is -1.15. The zero-order valence-electron chi connectivity index (χ0n) is 18.5. The number of fused-ring (bicyclic) bond motifs is 1. The number of hydrogen-bond donors (Lipinski definition) is 2. The minimum absolute atomic E-state index is 0.192. The number of nitrogens with zero attached hydrogens (tertiary/aromatic N) is 1. The van der Waals surface area contributed by atoms with Crippen LogP contribution in [0.3, 0.4) is 0 Å². The lowest BCUT2D eigenvalue weighted by Crippen LogP contribution is -2.56. The van der Waals surface area contributed by atoms with Crippen LogP contribution in [-0.4, -0.2) is 64.3 Å². The predicted molar refractivity (Wildman–Crippen MR) is 117 cm³/mol. The van der Waals surface area contributed by atoms with E-state index in [2.05, 4.69) is 5.32 Å². The number of aliphatic hydroxyl groups excluding tert-OH is 1. The molecule has 1 spiro atoms. The van der Waals surface area contributed by atoms with E-state index in [9.17, 15) is 19.5 Å². The molecule has 1 aromatic rings. The summed E-state index contributed by atoms with van der Waals surface area (Å²) in [5, 5.41) is 13.4. The molecule has 3 aliphatic heterocycles. The van der Waals surface area contributed by atoms with E-state index in [0.717, 1.165) is 0 Å². The van der Waals surface area contributed by atoms with Crippen LogP contribution < -0.4 is 5.32 Å². The zero-order valence-corrected chi connectivity index (χ0v) is 19.2. The maximum Gasteiger partial charge on any atom is 0.312 e. The topological polar surface area (TPSA) is 105 Å². The molecule has 1 aromatic carbocycles. The summed E-state index contributed by atoms with van der Waals surface area (Å²) in [6, 6.07) is 5.13. The van der Waals surface area contributed by atoms with Crippen molar-refractivity contribution in [2.45, 2.75) is 63.3 Å². The van der Waals surface area contributed by atoms with Gasteiger partial charge in [-0.3, -0.25) is 14.4 Å². The lowest BCUT2D eigenvalue weighted by Gasteiger charge is -2.36. The van der Waals surface area contributed by atoms with Crippen LogP contribution in [0.2, 0.25) is 5.02 Å². The standard InChI is InChI=1S/C23H29ClN2O6/c1-4-15(12-27)26-18(19(28)25-14-8-6-13(24)7-9-14)23-11-10-22(3,32-23)17(16(23)20(26)29)21(30)31-5-2/h6-9,15-18,27H,4-5,10-12H2,1-3H3,(H,25,28)/t15-,16-,17-,18?,22+,23?/m0/s1. The van der Waals surface area contributed by atoms with Gasteiger partial charge in [-0.05, 0) is 57.4 Å². The first-order chi connectivity index (χ1) is 15.2. The summed E-state index contributed by atoms with van der Waals surface area (Å²) < 4.78 is 11.8. The number of nitrogens with one attached hydrogen (secondary N) is 1. The number of amides is 2. The van der Waals surface area contributed by atoms with E-state index < -0.39 is 47.0 Å². The summed E-state index contributed by atoms with van der Waals surface area (Å²) in [5.74, 6) is -2.87. The Morgan fingerprint density at radius 1 is 1.31 bits per heavy atom. The fourth-order valence-electron chi connectivity index (χ4n) is 5.80. The van der Waals surface area contributed by atoms with Crippen molar-refractivity contribution in [3.05, 3.63) is 29.3 Å². The zero-order chi connectivity index (χ0) is 23.3. The van der Waals surface area contributed by atoms with Crippen LogP contribution in [0.15, 0.2) is 24.3 Å². The average molecular weight is 465 g/mol. The van der Waals surface area contributed by atoms with Gasteiger partial charge in [-0.25, -0.2) is 0 Å². The number of hydrogen-bond acceptors (Lipinski definition) is 6. The number of aliphatic hydroxyl groups is 1. The van der Waals surface area contributed by atoms with Crippen molar-refractivity contribution in [3.8, 4) is 0 Å². The molecular weight excluding hydrogens is 436 g/mol. The Hall–Kier alpha value is -2.16. The first-order valence-corrected chi connectivity index (χ1v) is 11.5. The number of carbonyl (C=O) groups is 3. The van der Waals surface area contributed by atoms with Gasteiger partial charge in [0.15, 0.2) is 0 Å². The van der Waals surface area contributed by atoms with Gasteiger partial charge in [-0.15, -0.1) is 0 Å². The second-order valence-corrected chi connectivity index (χ2v) is 9.40. The van der Waals surface area contributed by atoms with Crippen molar-refractivity contribution >= 4 is 35.1 Å². The van der Waals surface area contributed by atoms with Gasteiger partial charge in [0.25, 0.3) is 0 Å². The Bertz CT molecular complexity index is 920. The van der Waals surface area contributed by atoms with Gasteiger partial charge < -0.3 is 24.8 Å².